The maximum Gasteiger partial charge on any atom is 0.320 e. The lowest BCUT2D eigenvalue weighted by Crippen LogP contribution is -2.31. The number of rotatable bonds is 7. The van der Waals surface area contributed by atoms with Gasteiger partial charge in [0.05, 0.1) is 13.2 Å². The maximum atomic E-state index is 12.7. The summed E-state index contributed by atoms with van der Waals surface area (Å²) in [6.45, 7) is 10.2. The number of methoxy groups -OCH3 is 1. The molecule has 1 heterocycles. The first-order valence-electron chi connectivity index (χ1n) is 10.9. The molecule has 1 unspecified atom stereocenters. The molecule has 3 rings (SSSR count). The molecule has 2 aromatic rings. The number of ether oxygens (including phenoxy) is 1. The molecule has 1 saturated heterocycles. The second-order valence-corrected chi connectivity index (χ2v) is 9.57. The average molecular weight is 409 g/mol. The summed E-state index contributed by atoms with van der Waals surface area (Å²) in [6, 6.07) is 15.5. The van der Waals surface area contributed by atoms with E-state index in [2.05, 4.69) is 64.1 Å². The van der Waals surface area contributed by atoms with Crippen LogP contribution in [0, 0.1) is 6.92 Å². The van der Waals surface area contributed by atoms with Crippen LogP contribution in [0.15, 0.2) is 42.5 Å². The highest BCUT2D eigenvalue weighted by Gasteiger charge is 2.33. The van der Waals surface area contributed by atoms with Crippen molar-refractivity contribution >= 4 is 6.03 Å². The number of aryl methyl sites for hydroxylation is 2. The molecule has 0 saturated carbocycles. The van der Waals surface area contributed by atoms with E-state index in [1.165, 1.54) is 22.3 Å². The van der Waals surface area contributed by atoms with E-state index in [1.807, 2.05) is 22.9 Å². The molecule has 30 heavy (non-hydrogen) atoms. The quantitative estimate of drug-likeness (QED) is 0.601. The van der Waals surface area contributed by atoms with Gasteiger partial charge < -0.3 is 14.5 Å². The fourth-order valence-electron chi connectivity index (χ4n) is 4.22. The van der Waals surface area contributed by atoms with Crippen molar-refractivity contribution in [3.05, 3.63) is 64.7 Å². The zero-order chi connectivity index (χ0) is 21.9. The number of urea groups is 1. The van der Waals surface area contributed by atoms with Crippen LogP contribution >= 0.6 is 0 Å². The lowest BCUT2D eigenvalue weighted by Gasteiger charge is -2.20. The van der Waals surface area contributed by atoms with E-state index in [9.17, 15) is 4.79 Å². The summed E-state index contributed by atoms with van der Waals surface area (Å²) in [5.74, 6) is 0.936. The number of hydrogen-bond donors (Lipinski definition) is 0. The van der Waals surface area contributed by atoms with Crippen LogP contribution in [0.4, 0.5) is 4.79 Å². The van der Waals surface area contributed by atoms with Gasteiger partial charge in [-0.2, -0.15) is 0 Å². The summed E-state index contributed by atoms with van der Waals surface area (Å²) < 4.78 is 5.35. The van der Waals surface area contributed by atoms with E-state index in [0.717, 1.165) is 31.6 Å². The monoisotopic (exact) mass is 408 g/mol. The van der Waals surface area contributed by atoms with E-state index < -0.39 is 0 Å². The predicted molar refractivity (Wildman–Crippen MR) is 123 cm³/mol. The number of carbonyl (C=O) groups excluding carboxylic acids is 1. The molecule has 1 aliphatic rings. The Bertz CT molecular complexity index is 868. The highest BCUT2D eigenvalue weighted by molar-refractivity contribution is 5.76. The molecule has 1 aliphatic heterocycles. The van der Waals surface area contributed by atoms with Gasteiger partial charge in [0.15, 0.2) is 0 Å². The van der Waals surface area contributed by atoms with Gasteiger partial charge >= 0.3 is 6.03 Å². The molecule has 4 heteroatoms. The molecule has 0 radical (unpaired) electrons. The lowest BCUT2D eigenvalue weighted by molar-refractivity contribution is 0.193. The van der Waals surface area contributed by atoms with Crippen LogP contribution in [0.1, 0.15) is 55.9 Å². The van der Waals surface area contributed by atoms with E-state index in [0.29, 0.717) is 6.54 Å². The third kappa shape index (κ3) is 5.16. The third-order valence-electron chi connectivity index (χ3n) is 6.21. The zero-order valence-corrected chi connectivity index (χ0v) is 19.4. The van der Waals surface area contributed by atoms with Crippen LogP contribution < -0.4 is 4.74 Å². The van der Waals surface area contributed by atoms with Crippen LogP contribution in [0.2, 0.25) is 0 Å². The standard InChI is InChI=1S/C26H36N2O2/c1-19-16-20(12-15-24(19)30-6)8-7-9-23-18-28(25(29)27(23)5)17-21-10-13-22(14-11-21)26(2,3)4/h10-16,23H,7-9,17-18H2,1-6H3. The largest absolute Gasteiger partial charge is 0.496 e. The van der Waals surface area contributed by atoms with Crippen molar-refractivity contribution in [3.63, 3.8) is 0 Å². The minimum Gasteiger partial charge on any atom is -0.496 e. The number of carbonyl (C=O) groups is 1. The summed E-state index contributed by atoms with van der Waals surface area (Å²) in [4.78, 5) is 16.6. The Morgan fingerprint density at radius 1 is 1.07 bits per heavy atom. The van der Waals surface area contributed by atoms with Crippen LogP contribution in [0.25, 0.3) is 0 Å². The first-order valence-corrected chi connectivity index (χ1v) is 10.9. The van der Waals surface area contributed by atoms with Crippen molar-refractivity contribution in [2.75, 3.05) is 20.7 Å². The molecule has 0 aromatic heterocycles. The molecule has 2 amide bonds. The van der Waals surface area contributed by atoms with Crippen molar-refractivity contribution in [1.29, 1.82) is 0 Å². The van der Waals surface area contributed by atoms with Crippen molar-refractivity contribution in [2.24, 2.45) is 0 Å². The molecule has 1 atom stereocenters. The SMILES string of the molecule is COc1ccc(CCCC2CN(Cc3ccc(C(C)(C)C)cc3)C(=O)N2C)cc1C. The minimum atomic E-state index is 0.139. The number of nitrogens with zero attached hydrogens (tertiary/aromatic N) is 2. The fourth-order valence-corrected chi connectivity index (χ4v) is 4.22. The van der Waals surface area contributed by atoms with E-state index >= 15 is 0 Å². The second kappa shape index (κ2) is 9.11. The molecular weight excluding hydrogens is 372 g/mol. The topological polar surface area (TPSA) is 32.8 Å². The van der Waals surface area contributed by atoms with Crippen molar-refractivity contribution in [2.45, 2.75) is 65.0 Å². The van der Waals surface area contributed by atoms with Gasteiger partial charge in [0.25, 0.3) is 0 Å². The smallest absolute Gasteiger partial charge is 0.320 e. The Morgan fingerprint density at radius 2 is 1.73 bits per heavy atom. The average Bonchev–Trinajstić information content (AvgIpc) is 2.96. The number of hydrogen-bond acceptors (Lipinski definition) is 2. The van der Waals surface area contributed by atoms with E-state index in [-0.39, 0.29) is 17.5 Å². The Labute approximate surface area is 181 Å². The van der Waals surface area contributed by atoms with Gasteiger partial charge in [-0.05, 0) is 59.9 Å². The molecule has 1 fully saturated rings. The Kier molecular flexibility index (Phi) is 6.74. The first-order chi connectivity index (χ1) is 14.2. The summed E-state index contributed by atoms with van der Waals surface area (Å²) in [5.41, 5.74) is 5.17. The maximum absolute atomic E-state index is 12.7. The molecule has 4 nitrogen and oxygen atoms in total. The van der Waals surface area contributed by atoms with E-state index in [4.69, 9.17) is 4.74 Å². The van der Waals surface area contributed by atoms with Gasteiger partial charge in [-0.15, -0.1) is 0 Å². The molecule has 0 N–H and O–H groups in total. The molecule has 0 spiro atoms. The van der Waals surface area contributed by atoms with Crippen LogP contribution in [-0.4, -0.2) is 42.6 Å². The Hall–Kier alpha value is -2.49. The number of benzene rings is 2. The Balaban J connectivity index is 1.53. The van der Waals surface area contributed by atoms with Gasteiger partial charge in [0, 0.05) is 20.1 Å². The van der Waals surface area contributed by atoms with Gasteiger partial charge in [0.2, 0.25) is 0 Å². The molecule has 0 aliphatic carbocycles. The van der Waals surface area contributed by atoms with Crippen LogP contribution in [0.3, 0.4) is 0 Å². The normalized spacial score (nSPS) is 17.0. The summed E-state index contributed by atoms with van der Waals surface area (Å²) in [7, 11) is 3.65. The fraction of sp³-hybridized carbons (Fsp3) is 0.500. The van der Waals surface area contributed by atoms with Gasteiger partial charge in [-0.1, -0.05) is 57.2 Å². The highest BCUT2D eigenvalue weighted by Crippen LogP contribution is 2.25. The van der Waals surface area contributed by atoms with Crippen molar-refractivity contribution in [3.8, 4) is 5.75 Å². The van der Waals surface area contributed by atoms with E-state index in [1.54, 1.807) is 7.11 Å². The Morgan fingerprint density at radius 3 is 2.33 bits per heavy atom. The number of amides is 2. The third-order valence-corrected chi connectivity index (χ3v) is 6.21. The predicted octanol–water partition coefficient (Wildman–Crippen LogP) is 5.56. The lowest BCUT2D eigenvalue weighted by atomic mass is 9.87. The van der Waals surface area contributed by atoms with Crippen LogP contribution in [0.5, 0.6) is 5.75 Å². The van der Waals surface area contributed by atoms with Gasteiger partial charge in [-0.3, -0.25) is 0 Å². The molecular formula is C26H36N2O2. The van der Waals surface area contributed by atoms with Gasteiger partial charge in [-0.25, -0.2) is 4.79 Å². The first kappa shape index (κ1) is 22.2. The second-order valence-electron chi connectivity index (χ2n) is 9.57. The van der Waals surface area contributed by atoms with Crippen LogP contribution in [-0.2, 0) is 18.4 Å². The molecule has 162 valence electrons. The number of likely N-dealkylation sites (N-methyl/N-ethyl adjacent to an activating group) is 1. The van der Waals surface area contributed by atoms with Gasteiger partial charge in [0.1, 0.15) is 5.75 Å². The van der Waals surface area contributed by atoms with Crippen molar-refractivity contribution < 1.29 is 9.53 Å². The highest BCUT2D eigenvalue weighted by atomic mass is 16.5. The zero-order valence-electron chi connectivity index (χ0n) is 19.4. The van der Waals surface area contributed by atoms with Crippen molar-refractivity contribution in [1.82, 2.24) is 9.80 Å². The minimum absolute atomic E-state index is 0.139. The molecule has 0 bridgehead atoms. The summed E-state index contributed by atoms with van der Waals surface area (Å²) >= 11 is 0. The molecule has 2 aromatic carbocycles. The summed E-state index contributed by atoms with van der Waals surface area (Å²) in [6.07, 6.45) is 3.12. The summed E-state index contributed by atoms with van der Waals surface area (Å²) in [5, 5.41) is 0.